The van der Waals surface area contributed by atoms with Crippen LogP contribution in [0.1, 0.15) is 35.6 Å². The smallest absolute Gasteiger partial charge is 0.358 e. The van der Waals surface area contributed by atoms with E-state index in [-0.39, 0.29) is 24.4 Å². The lowest BCUT2D eigenvalue weighted by atomic mass is 10.2. The van der Waals surface area contributed by atoms with Crippen molar-refractivity contribution in [3.63, 3.8) is 0 Å². The fraction of sp³-hybridized carbons (Fsp3) is 0.556. The normalized spacial score (nSPS) is 12.4. The van der Waals surface area contributed by atoms with Crippen molar-refractivity contribution in [3.8, 4) is 0 Å². The third kappa shape index (κ3) is 2.59. The minimum Gasteiger partial charge on any atom is -0.480 e. The Labute approximate surface area is 96.8 Å². The SMILES string of the molecule is CCC(C(=O)O)n1nnc(C(=O)O)c1COC. The number of aromatic nitrogens is 3. The van der Waals surface area contributed by atoms with Gasteiger partial charge in [-0.25, -0.2) is 14.3 Å². The lowest BCUT2D eigenvalue weighted by Gasteiger charge is -2.12. The summed E-state index contributed by atoms with van der Waals surface area (Å²) in [6.45, 7) is 1.61. The summed E-state index contributed by atoms with van der Waals surface area (Å²) < 4.78 is 5.91. The second-order valence-electron chi connectivity index (χ2n) is 3.33. The Hall–Kier alpha value is -1.96. The molecule has 1 aromatic heterocycles. The molecular formula is C9H13N3O5. The predicted molar refractivity (Wildman–Crippen MR) is 54.7 cm³/mol. The summed E-state index contributed by atoms with van der Waals surface area (Å²) in [6.07, 6.45) is 0.272. The number of hydrogen-bond donors (Lipinski definition) is 2. The molecule has 0 aromatic carbocycles. The molecule has 0 saturated heterocycles. The van der Waals surface area contributed by atoms with Crippen LogP contribution in [-0.4, -0.2) is 44.3 Å². The van der Waals surface area contributed by atoms with E-state index in [4.69, 9.17) is 14.9 Å². The molecule has 94 valence electrons. The maximum absolute atomic E-state index is 11.0. The maximum atomic E-state index is 11.0. The molecule has 0 amide bonds. The van der Waals surface area contributed by atoms with Gasteiger partial charge in [0.2, 0.25) is 0 Å². The molecule has 8 heteroatoms. The largest absolute Gasteiger partial charge is 0.480 e. The lowest BCUT2D eigenvalue weighted by Crippen LogP contribution is -2.22. The molecule has 0 bridgehead atoms. The molecule has 0 radical (unpaired) electrons. The average Bonchev–Trinajstić information content (AvgIpc) is 2.63. The molecule has 0 aliphatic heterocycles. The Kier molecular flexibility index (Phi) is 4.16. The molecule has 1 unspecified atom stereocenters. The van der Waals surface area contributed by atoms with Crippen molar-refractivity contribution < 1.29 is 24.5 Å². The third-order valence-corrected chi connectivity index (χ3v) is 2.24. The summed E-state index contributed by atoms with van der Waals surface area (Å²) in [7, 11) is 1.38. The first-order valence-electron chi connectivity index (χ1n) is 4.92. The van der Waals surface area contributed by atoms with Crippen LogP contribution in [-0.2, 0) is 16.1 Å². The zero-order valence-electron chi connectivity index (χ0n) is 9.45. The quantitative estimate of drug-likeness (QED) is 0.731. The van der Waals surface area contributed by atoms with E-state index in [2.05, 4.69) is 10.3 Å². The molecule has 0 aliphatic carbocycles. The van der Waals surface area contributed by atoms with Crippen molar-refractivity contribution in [2.45, 2.75) is 26.0 Å². The highest BCUT2D eigenvalue weighted by Gasteiger charge is 2.26. The number of nitrogens with zero attached hydrogens (tertiary/aromatic N) is 3. The van der Waals surface area contributed by atoms with Crippen LogP contribution in [0.5, 0.6) is 0 Å². The summed E-state index contributed by atoms with van der Waals surface area (Å²) in [5, 5.41) is 24.9. The number of ether oxygens (including phenoxy) is 1. The summed E-state index contributed by atoms with van der Waals surface area (Å²) in [5.74, 6) is -2.35. The zero-order chi connectivity index (χ0) is 13.0. The van der Waals surface area contributed by atoms with Crippen LogP contribution in [0.15, 0.2) is 0 Å². The Morgan fingerprint density at radius 2 is 2.12 bits per heavy atom. The fourth-order valence-corrected chi connectivity index (χ4v) is 1.45. The van der Waals surface area contributed by atoms with Crippen LogP contribution < -0.4 is 0 Å². The van der Waals surface area contributed by atoms with Crippen LogP contribution in [0, 0.1) is 0 Å². The molecule has 1 atom stereocenters. The van der Waals surface area contributed by atoms with E-state index >= 15 is 0 Å². The number of hydrogen-bond acceptors (Lipinski definition) is 5. The summed E-state index contributed by atoms with van der Waals surface area (Å²) >= 11 is 0. The summed E-state index contributed by atoms with van der Waals surface area (Å²) in [4.78, 5) is 21.9. The molecular weight excluding hydrogens is 230 g/mol. The molecule has 0 saturated carbocycles. The van der Waals surface area contributed by atoms with E-state index < -0.39 is 18.0 Å². The van der Waals surface area contributed by atoms with E-state index in [9.17, 15) is 9.59 Å². The van der Waals surface area contributed by atoms with Crippen molar-refractivity contribution in [3.05, 3.63) is 11.4 Å². The molecule has 17 heavy (non-hydrogen) atoms. The van der Waals surface area contributed by atoms with Gasteiger partial charge in [0.1, 0.15) is 5.69 Å². The number of methoxy groups -OCH3 is 1. The van der Waals surface area contributed by atoms with E-state index in [1.54, 1.807) is 6.92 Å². The molecule has 0 spiro atoms. The van der Waals surface area contributed by atoms with Crippen LogP contribution in [0.2, 0.25) is 0 Å². The number of aliphatic carboxylic acids is 1. The highest BCUT2D eigenvalue weighted by atomic mass is 16.5. The fourth-order valence-electron chi connectivity index (χ4n) is 1.45. The van der Waals surface area contributed by atoms with Gasteiger partial charge < -0.3 is 14.9 Å². The van der Waals surface area contributed by atoms with Gasteiger partial charge in [0.15, 0.2) is 11.7 Å². The monoisotopic (exact) mass is 243 g/mol. The van der Waals surface area contributed by atoms with Gasteiger partial charge in [-0.05, 0) is 6.42 Å². The molecule has 1 heterocycles. The van der Waals surface area contributed by atoms with Crippen LogP contribution in [0.4, 0.5) is 0 Å². The van der Waals surface area contributed by atoms with Gasteiger partial charge in [-0.2, -0.15) is 0 Å². The van der Waals surface area contributed by atoms with Gasteiger partial charge in [0.05, 0.1) is 6.61 Å². The lowest BCUT2D eigenvalue weighted by molar-refractivity contribution is -0.141. The Morgan fingerprint density at radius 3 is 2.53 bits per heavy atom. The molecule has 8 nitrogen and oxygen atoms in total. The topological polar surface area (TPSA) is 115 Å². The van der Waals surface area contributed by atoms with Gasteiger partial charge >= 0.3 is 11.9 Å². The van der Waals surface area contributed by atoms with Crippen molar-refractivity contribution >= 4 is 11.9 Å². The number of rotatable bonds is 6. The Bertz CT molecular complexity index is 428. The summed E-state index contributed by atoms with van der Waals surface area (Å²) in [5.41, 5.74) is -0.138. The van der Waals surface area contributed by atoms with Gasteiger partial charge in [0.25, 0.3) is 0 Å². The highest BCUT2D eigenvalue weighted by Crippen LogP contribution is 2.16. The van der Waals surface area contributed by atoms with Crippen molar-refractivity contribution in [2.75, 3.05) is 7.11 Å². The number of carbonyl (C=O) groups is 2. The molecule has 1 aromatic rings. The van der Waals surface area contributed by atoms with Gasteiger partial charge in [-0.1, -0.05) is 12.1 Å². The molecule has 0 fully saturated rings. The second kappa shape index (κ2) is 5.39. The van der Waals surface area contributed by atoms with Crippen LogP contribution >= 0.6 is 0 Å². The predicted octanol–water partition coefficient (Wildman–Crippen LogP) is 0.158. The number of carboxylic acids is 2. The third-order valence-electron chi connectivity index (χ3n) is 2.24. The number of carboxylic acid groups (broad SMARTS) is 2. The average molecular weight is 243 g/mol. The zero-order valence-corrected chi connectivity index (χ0v) is 9.45. The van der Waals surface area contributed by atoms with Gasteiger partial charge in [-0.3, -0.25) is 0 Å². The Morgan fingerprint density at radius 1 is 1.47 bits per heavy atom. The second-order valence-corrected chi connectivity index (χ2v) is 3.33. The first-order chi connectivity index (χ1) is 8.02. The van der Waals surface area contributed by atoms with Crippen molar-refractivity contribution in [1.82, 2.24) is 15.0 Å². The van der Waals surface area contributed by atoms with E-state index in [0.29, 0.717) is 0 Å². The van der Waals surface area contributed by atoms with E-state index in [1.165, 1.54) is 7.11 Å². The highest BCUT2D eigenvalue weighted by molar-refractivity contribution is 5.86. The van der Waals surface area contributed by atoms with E-state index in [1.807, 2.05) is 0 Å². The number of aromatic carboxylic acids is 1. The Balaban J connectivity index is 3.23. The molecule has 1 rings (SSSR count). The molecule has 2 N–H and O–H groups in total. The summed E-state index contributed by atoms with van der Waals surface area (Å²) in [6, 6.07) is -0.944. The molecule has 0 aliphatic rings. The minimum atomic E-state index is -1.26. The minimum absolute atomic E-state index is 0.0571. The van der Waals surface area contributed by atoms with Crippen molar-refractivity contribution in [1.29, 1.82) is 0 Å². The first kappa shape index (κ1) is 13.1. The van der Waals surface area contributed by atoms with Crippen LogP contribution in [0.3, 0.4) is 0 Å². The first-order valence-corrected chi connectivity index (χ1v) is 4.92. The van der Waals surface area contributed by atoms with E-state index in [0.717, 1.165) is 4.68 Å². The van der Waals surface area contributed by atoms with Gasteiger partial charge in [0, 0.05) is 7.11 Å². The van der Waals surface area contributed by atoms with Crippen LogP contribution in [0.25, 0.3) is 0 Å². The standard InChI is InChI=1S/C9H13N3O5/c1-3-5(8(13)14)12-6(4-17-2)7(9(15)16)10-11-12/h5H,3-4H2,1-2H3,(H,13,14)(H,15,16). The van der Waals surface area contributed by atoms with Crippen molar-refractivity contribution in [2.24, 2.45) is 0 Å². The van der Waals surface area contributed by atoms with Gasteiger partial charge in [-0.15, -0.1) is 5.10 Å². The maximum Gasteiger partial charge on any atom is 0.358 e.